The van der Waals surface area contributed by atoms with Crippen LogP contribution in [0.3, 0.4) is 0 Å². The molecular weight excluding hydrogens is 222 g/mol. The first-order valence-corrected chi connectivity index (χ1v) is 3.86. The molecule has 0 aliphatic heterocycles. The Bertz CT molecular complexity index is 370. The van der Waals surface area contributed by atoms with Crippen molar-refractivity contribution < 1.29 is 31.7 Å². The number of aliphatic carboxylic acids is 1. The third-order valence-electron chi connectivity index (χ3n) is 1.61. The van der Waals surface area contributed by atoms with E-state index in [1.807, 2.05) is 5.43 Å². The Balaban J connectivity index is 0.00000196. The Morgan fingerprint density at radius 3 is 2.67 bits per heavy atom. The number of carbonyl (C=O) groups excluding carboxylic acids is 1. The number of nitrogen functional groups attached to an aromatic ring is 1. The lowest BCUT2D eigenvalue weighted by Crippen LogP contribution is -3.00. The summed E-state index contributed by atoms with van der Waals surface area (Å²) in [6, 6.07) is 4.75. The predicted octanol–water partition coefficient (Wildman–Crippen LogP) is -4.33. The van der Waals surface area contributed by atoms with Crippen LogP contribution in [-0.2, 0) is 11.3 Å². The summed E-state index contributed by atoms with van der Waals surface area (Å²) >= 11 is 0. The number of pyridine rings is 1. The fourth-order valence-corrected chi connectivity index (χ4v) is 1.04. The normalized spacial score (nSPS) is 8.87. The van der Waals surface area contributed by atoms with Gasteiger partial charge in [0.25, 0.3) is 5.69 Å². The van der Waals surface area contributed by atoms with Crippen LogP contribution in [0.5, 0.6) is 0 Å². The molecule has 4 N–H and O–H groups in total. The molecule has 0 aromatic carbocycles. The monoisotopic (exact) mass is 231 g/mol. The van der Waals surface area contributed by atoms with Crippen LogP contribution in [-0.4, -0.2) is 17.0 Å². The zero-order chi connectivity index (χ0) is 10.6. The molecule has 0 aliphatic carbocycles. The van der Waals surface area contributed by atoms with E-state index in [9.17, 15) is 9.59 Å². The summed E-state index contributed by atoms with van der Waals surface area (Å²) in [5.74, 6) is 3.40. The zero-order valence-corrected chi connectivity index (χ0v) is 8.44. The minimum absolute atomic E-state index is 0. The van der Waals surface area contributed by atoms with Crippen molar-refractivity contribution in [2.45, 2.75) is 6.54 Å². The van der Waals surface area contributed by atoms with Crippen molar-refractivity contribution in [1.29, 1.82) is 0 Å². The number of halogens is 1. The highest BCUT2D eigenvalue weighted by atomic mass is 35.5. The molecule has 0 saturated heterocycles. The average Bonchev–Trinajstić information content (AvgIpc) is 2.16. The highest BCUT2D eigenvalue weighted by Gasteiger charge is 2.19. The predicted molar refractivity (Wildman–Crippen MR) is 45.9 cm³/mol. The Morgan fingerprint density at radius 1 is 1.47 bits per heavy atom. The third-order valence-corrected chi connectivity index (χ3v) is 1.61. The Kier molecular flexibility index (Phi) is 5.29. The number of amides is 1. The van der Waals surface area contributed by atoms with E-state index in [1.165, 1.54) is 16.8 Å². The third kappa shape index (κ3) is 3.53. The Morgan fingerprint density at radius 2 is 2.13 bits per heavy atom. The number of rotatable bonds is 3. The van der Waals surface area contributed by atoms with Gasteiger partial charge >= 0.3 is 11.9 Å². The van der Waals surface area contributed by atoms with Crippen LogP contribution in [0.25, 0.3) is 0 Å². The quantitative estimate of drug-likeness (QED) is 0.212. The van der Waals surface area contributed by atoms with E-state index in [0.29, 0.717) is 0 Å². The number of carboxylic acid groups (broad SMARTS) is 1. The molecule has 1 aromatic heterocycles. The van der Waals surface area contributed by atoms with E-state index in [4.69, 9.17) is 10.9 Å². The van der Waals surface area contributed by atoms with Gasteiger partial charge in [-0.2, -0.15) is 4.57 Å². The van der Waals surface area contributed by atoms with Crippen molar-refractivity contribution in [3.8, 4) is 0 Å². The van der Waals surface area contributed by atoms with Crippen LogP contribution in [0.2, 0.25) is 0 Å². The van der Waals surface area contributed by atoms with Crippen molar-refractivity contribution in [2.24, 2.45) is 5.84 Å². The van der Waals surface area contributed by atoms with Gasteiger partial charge in [-0.3, -0.25) is 10.2 Å². The number of aromatic nitrogens is 1. The summed E-state index contributed by atoms with van der Waals surface area (Å²) in [6.07, 6.45) is 1.50. The Hall–Kier alpha value is -1.66. The fourth-order valence-electron chi connectivity index (χ4n) is 1.04. The van der Waals surface area contributed by atoms with Crippen molar-refractivity contribution >= 4 is 11.9 Å². The Labute approximate surface area is 92.1 Å². The minimum Gasteiger partial charge on any atom is -1.00 e. The molecule has 0 atom stereocenters. The van der Waals surface area contributed by atoms with Gasteiger partial charge in [0.05, 0.1) is 0 Å². The summed E-state index contributed by atoms with van der Waals surface area (Å²) in [4.78, 5) is 21.6. The SMILES string of the molecule is NNC(=O)c1cccc[n+]1CC(=O)O.[Cl-]. The fraction of sp³-hybridized carbons (Fsp3) is 0.125. The molecule has 7 heteroatoms. The van der Waals surface area contributed by atoms with Crippen molar-refractivity contribution in [3.05, 3.63) is 30.1 Å². The molecule has 0 aliphatic rings. The van der Waals surface area contributed by atoms with E-state index < -0.39 is 11.9 Å². The number of nitrogens with two attached hydrogens (primary N) is 1. The average molecular weight is 232 g/mol. The molecule has 1 amide bonds. The lowest BCUT2D eigenvalue weighted by molar-refractivity contribution is -0.687. The van der Waals surface area contributed by atoms with Gasteiger partial charge in [-0.15, -0.1) is 0 Å². The van der Waals surface area contributed by atoms with Crippen LogP contribution in [0.1, 0.15) is 10.5 Å². The summed E-state index contributed by atoms with van der Waals surface area (Å²) in [5.41, 5.74) is 2.15. The molecule has 0 saturated carbocycles. The second kappa shape index (κ2) is 5.94. The topological polar surface area (TPSA) is 96.3 Å². The summed E-state index contributed by atoms with van der Waals surface area (Å²) in [7, 11) is 0. The van der Waals surface area contributed by atoms with Gasteiger partial charge < -0.3 is 17.5 Å². The largest absolute Gasteiger partial charge is 1.00 e. The van der Waals surface area contributed by atoms with E-state index in [0.717, 1.165) is 0 Å². The van der Waals surface area contributed by atoms with Crippen molar-refractivity contribution in [3.63, 3.8) is 0 Å². The molecule has 82 valence electrons. The highest BCUT2D eigenvalue weighted by Crippen LogP contribution is 1.90. The molecule has 1 aromatic rings. The summed E-state index contributed by atoms with van der Waals surface area (Å²) in [5, 5.41) is 8.56. The maximum absolute atomic E-state index is 11.2. The van der Waals surface area contributed by atoms with Crippen LogP contribution in [0.4, 0.5) is 0 Å². The van der Waals surface area contributed by atoms with Gasteiger partial charge in [0, 0.05) is 12.1 Å². The summed E-state index contributed by atoms with van der Waals surface area (Å²) < 4.78 is 1.30. The lowest BCUT2D eigenvalue weighted by atomic mass is 10.3. The lowest BCUT2D eigenvalue weighted by Gasteiger charge is -1.99. The maximum atomic E-state index is 11.2. The van der Waals surface area contributed by atoms with E-state index >= 15 is 0 Å². The van der Waals surface area contributed by atoms with Gasteiger partial charge in [-0.1, -0.05) is 0 Å². The molecule has 6 nitrogen and oxygen atoms in total. The van der Waals surface area contributed by atoms with Gasteiger partial charge in [-0.25, -0.2) is 10.6 Å². The summed E-state index contributed by atoms with van der Waals surface area (Å²) in [6.45, 7) is -0.274. The van der Waals surface area contributed by atoms with Crippen LogP contribution in [0.15, 0.2) is 24.4 Å². The molecular formula is C8H10ClN3O3. The molecule has 0 spiro atoms. The van der Waals surface area contributed by atoms with E-state index in [1.54, 1.807) is 12.1 Å². The van der Waals surface area contributed by atoms with Gasteiger partial charge in [-0.05, 0) is 6.07 Å². The van der Waals surface area contributed by atoms with Gasteiger partial charge in [0.15, 0.2) is 6.20 Å². The number of hydrogen-bond donors (Lipinski definition) is 3. The first-order valence-electron chi connectivity index (χ1n) is 3.86. The van der Waals surface area contributed by atoms with Crippen LogP contribution >= 0.6 is 0 Å². The van der Waals surface area contributed by atoms with Crippen LogP contribution < -0.4 is 28.2 Å². The number of nitrogens with one attached hydrogen (secondary N) is 1. The van der Waals surface area contributed by atoms with E-state index in [2.05, 4.69) is 0 Å². The second-order valence-corrected chi connectivity index (χ2v) is 2.58. The van der Waals surface area contributed by atoms with Crippen molar-refractivity contribution in [2.75, 3.05) is 0 Å². The minimum atomic E-state index is -1.02. The van der Waals surface area contributed by atoms with Crippen molar-refractivity contribution in [1.82, 2.24) is 5.43 Å². The number of hydrogen-bond acceptors (Lipinski definition) is 3. The molecule has 0 radical (unpaired) electrons. The number of carboxylic acids is 1. The van der Waals surface area contributed by atoms with E-state index in [-0.39, 0.29) is 24.6 Å². The first kappa shape index (κ1) is 13.3. The molecule has 0 bridgehead atoms. The standard InChI is InChI=1S/C8H9N3O3.ClH/c9-10-8(14)6-3-1-2-4-11(6)5-7(12)13;/h1-4,9H,5H2,(H2,12,13,14);1H. The first-order chi connectivity index (χ1) is 6.65. The van der Waals surface area contributed by atoms with Crippen LogP contribution in [0, 0.1) is 0 Å². The molecule has 0 unspecified atom stereocenters. The molecule has 1 rings (SSSR count). The second-order valence-electron chi connectivity index (χ2n) is 2.58. The molecule has 15 heavy (non-hydrogen) atoms. The van der Waals surface area contributed by atoms with Gasteiger partial charge in [0.2, 0.25) is 6.54 Å². The number of carbonyl (C=O) groups is 2. The smallest absolute Gasteiger partial charge is 0.370 e. The number of hydrazine groups is 1. The molecule has 1 heterocycles. The zero-order valence-electron chi connectivity index (χ0n) is 7.68. The number of nitrogens with zero attached hydrogens (tertiary/aromatic N) is 1. The highest BCUT2D eigenvalue weighted by molar-refractivity contribution is 5.90. The maximum Gasteiger partial charge on any atom is 0.370 e. The molecule has 0 fully saturated rings. The van der Waals surface area contributed by atoms with Gasteiger partial charge in [0.1, 0.15) is 0 Å².